The summed E-state index contributed by atoms with van der Waals surface area (Å²) in [5.74, 6) is -1.08. The zero-order valence-electron chi connectivity index (χ0n) is 12.4. The Balaban J connectivity index is 2.44. The molecule has 0 atom stereocenters. The van der Waals surface area contributed by atoms with Crippen molar-refractivity contribution in [1.29, 1.82) is 0 Å². The molecule has 0 unspecified atom stereocenters. The molecule has 0 spiro atoms. The topological polar surface area (TPSA) is 90.9 Å². The van der Waals surface area contributed by atoms with Crippen LogP contribution in [-0.2, 0) is 28.6 Å². The summed E-state index contributed by atoms with van der Waals surface area (Å²) in [7, 11) is 1.80. The number of hydrogen-bond acceptors (Lipinski definition) is 7. The fraction of sp³-hybridized carbons (Fsp3) is 0.786. The van der Waals surface area contributed by atoms with Crippen LogP contribution in [0.4, 0.5) is 0 Å². The highest BCUT2D eigenvalue weighted by atomic mass is 16.6. The Morgan fingerprint density at radius 3 is 2.29 bits per heavy atom. The summed E-state index contributed by atoms with van der Waals surface area (Å²) in [5.41, 5.74) is 0. The average molecular weight is 301 g/mol. The molecule has 0 aliphatic carbocycles. The van der Waals surface area contributed by atoms with E-state index in [-0.39, 0.29) is 44.4 Å². The summed E-state index contributed by atoms with van der Waals surface area (Å²) in [4.78, 5) is 34.5. The zero-order chi connectivity index (χ0) is 15.5. The first-order chi connectivity index (χ1) is 10.1. The molecule has 1 fully saturated rings. The van der Waals surface area contributed by atoms with Crippen LogP contribution in [0.15, 0.2) is 0 Å². The molecule has 1 rings (SSSR count). The van der Waals surface area contributed by atoms with Crippen molar-refractivity contribution in [3.05, 3.63) is 0 Å². The highest BCUT2D eigenvalue weighted by molar-refractivity contribution is 5.71. The van der Waals surface area contributed by atoms with Crippen LogP contribution in [0.1, 0.15) is 38.5 Å². The number of esters is 3. The van der Waals surface area contributed by atoms with Crippen LogP contribution in [0.3, 0.4) is 0 Å². The molecule has 0 radical (unpaired) electrons. The maximum Gasteiger partial charge on any atom is 0.306 e. The Hall–Kier alpha value is -1.63. The molecular formula is C14H23NO6. The van der Waals surface area contributed by atoms with Gasteiger partial charge in [-0.25, -0.2) is 0 Å². The molecule has 0 amide bonds. The molecule has 1 saturated heterocycles. The summed E-state index contributed by atoms with van der Waals surface area (Å²) in [6.45, 7) is 0.553. The van der Waals surface area contributed by atoms with Crippen molar-refractivity contribution in [1.82, 2.24) is 5.32 Å². The molecule has 1 heterocycles. The largest absolute Gasteiger partial charge is 0.462 e. The van der Waals surface area contributed by atoms with Crippen LogP contribution in [0.5, 0.6) is 0 Å². The smallest absolute Gasteiger partial charge is 0.306 e. The van der Waals surface area contributed by atoms with Crippen molar-refractivity contribution < 1.29 is 28.6 Å². The second-order valence-electron chi connectivity index (χ2n) is 4.89. The molecule has 0 saturated carbocycles. The molecule has 21 heavy (non-hydrogen) atoms. The Bertz CT molecular complexity index is 335. The van der Waals surface area contributed by atoms with E-state index in [2.05, 4.69) is 5.32 Å². The van der Waals surface area contributed by atoms with E-state index in [1.54, 1.807) is 7.05 Å². The first-order valence-corrected chi connectivity index (χ1v) is 7.27. The van der Waals surface area contributed by atoms with E-state index in [4.69, 9.17) is 14.2 Å². The molecule has 7 nitrogen and oxygen atoms in total. The van der Waals surface area contributed by atoms with Crippen molar-refractivity contribution in [2.45, 2.75) is 44.6 Å². The maximum atomic E-state index is 11.6. The van der Waals surface area contributed by atoms with E-state index in [0.29, 0.717) is 25.8 Å². The van der Waals surface area contributed by atoms with Gasteiger partial charge in [-0.2, -0.15) is 0 Å². The number of carbonyl (C=O) groups excluding carboxylic acids is 3. The standard InChI is InChI=1S/C14H23NO6/c1-15-8-4-7-14(18)21-11-9-19-12(16)5-2-3-6-13(17)20-10-11/h11,15H,2-10H2,1H3. The van der Waals surface area contributed by atoms with Crippen molar-refractivity contribution in [2.75, 3.05) is 26.8 Å². The lowest BCUT2D eigenvalue weighted by molar-refractivity contribution is -0.166. The van der Waals surface area contributed by atoms with Crippen LogP contribution in [0.25, 0.3) is 0 Å². The number of cyclic esters (lactones) is 2. The SMILES string of the molecule is CNCCCC(=O)OC1COC(=O)CCCCC(=O)OC1. The highest BCUT2D eigenvalue weighted by Gasteiger charge is 2.20. The van der Waals surface area contributed by atoms with Crippen LogP contribution in [0, 0.1) is 0 Å². The molecule has 1 aliphatic rings. The Morgan fingerprint density at radius 2 is 1.76 bits per heavy atom. The number of ether oxygens (including phenoxy) is 3. The second kappa shape index (κ2) is 10.1. The normalized spacial score (nSPS) is 18.3. The summed E-state index contributed by atoms with van der Waals surface area (Å²) in [5, 5.41) is 2.93. The van der Waals surface area contributed by atoms with E-state index in [1.165, 1.54) is 0 Å². The first kappa shape index (κ1) is 17.4. The Labute approximate surface area is 124 Å². The summed E-state index contributed by atoms with van der Waals surface area (Å²) >= 11 is 0. The van der Waals surface area contributed by atoms with Gasteiger partial charge in [-0.15, -0.1) is 0 Å². The number of hydrogen-bond donors (Lipinski definition) is 1. The molecule has 7 heteroatoms. The van der Waals surface area contributed by atoms with Crippen molar-refractivity contribution in [3.8, 4) is 0 Å². The minimum absolute atomic E-state index is 0.0795. The molecule has 0 aromatic rings. The average Bonchev–Trinajstić information content (AvgIpc) is 2.49. The van der Waals surface area contributed by atoms with Gasteiger partial charge in [-0.1, -0.05) is 0 Å². The van der Waals surface area contributed by atoms with Gasteiger partial charge in [-0.05, 0) is 32.9 Å². The number of rotatable bonds is 5. The van der Waals surface area contributed by atoms with Gasteiger partial charge in [0.15, 0.2) is 6.10 Å². The van der Waals surface area contributed by atoms with Crippen molar-refractivity contribution in [3.63, 3.8) is 0 Å². The van der Waals surface area contributed by atoms with Gasteiger partial charge in [-0.3, -0.25) is 14.4 Å². The van der Waals surface area contributed by atoms with Crippen LogP contribution >= 0.6 is 0 Å². The van der Waals surface area contributed by atoms with Gasteiger partial charge in [0.2, 0.25) is 0 Å². The second-order valence-corrected chi connectivity index (χ2v) is 4.89. The fourth-order valence-corrected chi connectivity index (χ4v) is 1.83. The lowest BCUT2D eigenvalue weighted by Crippen LogP contribution is -2.30. The van der Waals surface area contributed by atoms with E-state index < -0.39 is 12.1 Å². The third kappa shape index (κ3) is 8.29. The maximum absolute atomic E-state index is 11.6. The first-order valence-electron chi connectivity index (χ1n) is 7.27. The van der Waals surface area contributed by atoms with Gasteiger partial charge in [0, 0.05) is 19.3 Å². The third-order valence-electron chi connectivity index (χ3n) is 2.98. The van der Waals surface area contributed by atoms with Gasteiger partial charge >= 0.3 is 17.9 Å². The Morgan fingerprint density at radius 1 is 1.19 bits per heavy atom. The van der Waals surface area contributed by atoms with Gasteiger partial charge in [0.25, 0.3) is 0 Å². The van der Waals surface area contributed by atoms with Crippen LogP contribution in [0.2, 0.25) is 0 Å². The van der Waals surface area contributed by atoms with Gasteiger partial charge < -0.3 is 19.5 Å². The van der Waals surface area contributed by atoms with Crippen LogP contribution in [-0.4, -0.2) is 50.8 Å². The van der Waals surface area contributed by atoms with E-state index in [1.807, 2.05) is 0 Å². The predicted octanol–water partition coefficient (Wildman–Crippen LogP) is 0.558. The minimum atomic E-state index is -0.738. The number of nitrogens with one attached hydrogen (secondary N) is 1. The third-order valence-corrected chi connectivity index (χ3v) is 2.98. The van der Waals surface area contributed by atoms with Gasteiger partial charge in [0.05, 0.1) is 0 Å². The minimum Gasteiger partial charge on any atom is -0.462 e. The number of carbonyl (C=O) groups is 3. The van der Waals surface area contributed by atoms with Gasteiger partial charge in [0.1, 0.15) is 13.2 Å². The van der Waals surface area contributed by atoms with Crippen molar-refractivity contribution in [2.24, 2.45) is 0 Å². The van der Waals surface area contributed by atoms with E-state index >= 15 is 0 Å². The summed E-state index contributed by atoms with van der Waals surface area (Å²) in [6, 6.07) is 0. The molecule has 120 valence electrons. The predicted molar refractivity (Wildman–Crippen MR) is 73.4 cm³/mol. The molecule has 0 aromatic carbocycles. The molecule has 1 N–H and O–H groups in total. The highest BCUT2D eigenvalue weighted by Crippen LogP contribution is 2.08. The summed E-state index contributed by atoms with van der Waals surface area (Å²) < 4.78 is 15.2. The van der Waals surface area contributed by atoms with Crippen LogP contribution < -0.4 is 5.32 Å². The molecular weight excluding hydrogens is 278 g/mol. The lowest BCUT2D eigenvalue weighted by atomic mass is 10.2. The monoisotopic (exact) mass is 301 g/mol. The quantitative estimate of drug-likeness (QED) is 0.450. The van der Waals surface area contributed by atoms with E-state index in [0.717, 1.165) is 0 Å². The fourth-order valence-electron chi connectivity index (χ4n) is 1.83. The lowest BCUT2D eigenvalue weighted by Gasteiger charge is -2.17. The molecule has 0 aromatic heterocycles. The Kier molecular flexibility index (Phi) is 8.42. The molecule has 1 aliphatic heterocycles. The summed E-state index contributed by atoms with van der Waals surface area (Å²) in [6.07, 6.45) is 1.87. The van der Waals surface area contributed by atoms with E-state index in [9.17, 15) is 14.4 Å². The zero-order valence-corrected chi connectivity index (χ0v) is 12.4. The molecule has 0 bridgehead atoms. The van der Waals surface area contributed by atoms with Crippen molar-refractivity contribution >= 4 is 17.9 Å².